The number of nitrogens with one attached hydrogen (secondary N) is 1. The lowest BCUT2D eigenvalue weighted by atomic mass is 10.2. The smallest absolute Gasteiger partial charge is 0.188 e. The number of nitrogens with two attached hydrogens (primary N) is 1. The number of nitrogen functional groups attached to an aromatic ring is 1. The van der Waals surface area contributed by atoms with Crippen LogP contribution in [-0.4, -0.2) is 4.98 Å². The first-order valence-electron chi connectivity index (χ1n) is 5.82. The van der Waals surface area contributed by atoms with Crippen LogP contribution in [0.5, 0.6) is 0 Å². The largest absolute Gasteiger partial charge is 0.399 e. The molecule has 2 aromatic carbocycles. The second kappa shape index (κ2) is 4.83. The van der Waals surface area contributed by atoms with Crippen LogP contribution in [0.2, 0.25) is 0 Å². The first-order chi connectivity index (χ1) is 9.13. The summed E-state index contributed by atoms with van der Waals surface area (Å²) in [5.74, 6) is 0. The second-order valence-electron chi connectivity index (χ2n) is 4.28. The molecule has 0 atom stereocenters. The molecule has 0 saturated heterocycles. The van der Waals surface area contributed by atoms with Crippen molar-refractivity contribution < 1.29 is 0 Å². The number of nitrogens with zero attached hydrogens (tertiary/aromatic N) is 1. The average molecular weight is 334 g/mol. The van der Waals surface area contributed by atoms with E-state index < -0.39 is 0 Å². The maximum Gasteiger partial charge on any atom is 0.188 e. The molecule has 0 fully saturated rings. The highest BCUT2D eigenvalue weighted by Gasteiger charge is 2.07. The van der Waals surface area contributed by atoms with Gasteiger partial charge in [-0.3, -0.25) is 0 Å². The highest BCUT2D eigenvalue weighted by atomic mass is 79.9. The van der Waals surface area contributed by atoms with Crippen LogP contribution in [-0.2, 0) is 0 Å². The molecule has 0 amide bonds. The van der Waals surface area contributed by atoms with Crippen molar-refractivity contribution in [1.82, 2.24) is 4.98 Å². The number of aromatic nitrogens is 1. The van der Waals surface area contributed by atoms with Gasteiger partial charge in [-0.2, -0.15) is 0 Å². The van der Waals surface area contributed by atoms with Gasteiger partial charge in [0.05, 0.1) is 10.2 Å². The standard InChI is InChI=1S/C14H12BrN3S/c1-8-10(15)3-2-4-11(8)17-14-18-12-6-5-9(16)7-13(12)19-14/h2-7H,16H2,1H3,(H,17,18). The summed E-state index contributed by atoms with van der Waals surface area (Å²) in [6, 6.07) is 11.8. The van der Waals surface area contributed by atoms with E-state index in [0.29, 0.717) is 0 Å². The van der Waals surface area contributed by atoms with Gasteiger partial charge in [0.15, 0.2) is 5.13 Å². The van der Waals surface area contributed by atoms with Crippen molar-refractivity contribution in [3.63, 3.8) is 0 Å². The summed E-state index contributed by atoms with van der Waals surface area (Å²) in [4.78, 5) is 4.56. The molecule has 19 heavy (non-hydrogen) atoms. The van der Waals surface area contributed by atoms with Gasteiger partial charge in [-0.15, -0.1) is 0 Å². The van der Waals surface area contributed by atoms with E-state index in [1.807, 2.05) is 36.4 Å². The SMILES string of the molecule is Cc1c(Br)cccc1Nc1nc2ccc(N)cc2s1. The molecule has 0 aliphatic heterocycles. The zero-order valence-corrected chi connectivity index (χ0v) is 12.7. The number of hydrogen-bond acceptors (Lipinski definition) is 4. The Labute approximate surface area is 123 Å². The molecule has 0 spiro atoms. The Morgan fingerprint density at radius 3 is 2.95 bits per heavy atom. The lowest BCUT2D eigenvalue weighted by molar-refractivity contribution is 1.38. The molecule has 0 aliphatic rings. The number of rotatable bonds is 2. The quantitative estimate of drug-likeness (QED) is 0.668. The van der Waals surface area contributed by atoms with Crippen LogP contribution < -0.4 is 11.1 Å². The van der Waals surface area contributed by atoms with Crippen LogP contribution >= 0.6 is 27.3 Å². The molecule has 1 heterocycles. The van der Waals surface area contributed by atoms with Crippen LogP contribution in [0.4, 0.5) is 16.5 Å². The molecule has 0 saturated carbocycles. The summed E-state index contributed by atoms with van der Waals surface area (Å²) < 4.78 is 2.18. The predicted octanol–water partition coefficient (Wildman–Crippen LogP) is 4.69. The molecule has 3 aromatic rings. The van der Waals surface area contributed by atoms with Gasteiger partial charge in [-0.25, -0.2) is 4.98 Å². The van der Waals surface area contributed by atoms with Crippen LogP contribution in [0.1, 0.15) is 5.56 Å². The van der Waals surface area contributed by atoms with Gasteiger partial charge in [0.2, 0.25) is 0 Å². The summed E-state index contributed by atoms with van der Waals surface area (Å²) in [7, 11) is 0. The van der Waals surface area contributed by atoms with E-state index in [4.69, 9.17) is 5.73 Å². The van der Waals surface area contributed by atoms with Gasteiger partial charge in [-0.1, -0.05) is 33.3 Å². The first kappa shape index (κ1) is 12.4. The molecule has 5 heteroatoms. The number of thiazole rings is 1. The van der Waals surface area contributed by atoms with E-state index in [1.54, 1.807) is 11.3 Å². The highest BCUT2D eigenvalue weighted by Crippen LogP contribution is 2.32. The van der Waals surface area contributed by atoms with Crippen molar-refractivity contribution in [3.8, 4) is 0 Å². The zero-order chi connectivity index (χ0) is 13.4. The van der Waals surface area contributed by atoms with Crippen LogP contribution in [0, 0.1) is 6.92 Å². The normalized spacial score (nSPS) is 10.8. The number of anilines is 3. The molecule has 0 aliphatic carbocycles. The van der Waals surface area contributed by atoms with Crippen molar-refractivity contribution in [1.29, 1.82) is 0 Å². The number of halogens is 1. The Kier molecular flexibility index (Phi) is 3.16. The van der Waals surface area contributed by atoms with Gasteiger partial charge < -0.3 is 11.1 Å². The lowest BCUT2D eigenvalue weighted by Crippen LogP contribution is -1.92. The van der Waals surface area contributed by atoms with E-state index in [-0.39, 0.29) is 0 Å². The molecular weight excluding hydrogens is 322 g/mol. The molecule has 1 aromatic heterocycles. The third kappa shape index (κ3) is 2.43. The molecule has 3 nitrogen and oxygen atoms in total. The Bertz CT molecular complexity index is 752. The van der Waals surface area contributed by atoms with Gasteiger partial charge >= 0.3 is 0 Å². The van der Waals surface area contributed by atoms with Gasteiger partial charge in [-0.05, 0) is 42.8 Å². The van der Waals surface area contributed by atoms with Crippen molar-refractivity contribution in [2.24, 2.45) is 0 Å². The lowest BCUT2D eigenvalue weighted by Gasteiger charge is -2.07. The third-order valence-corrected chi connectivity index (χ3v) is 4.71. The van der Waals surface area contributed by atoms with Crippen molar-refractivity contribution in [2.45, 2.75) is 6.92 Å². The fraction of sp³-hybridized carbons (Fsp3) is 0.0714. The Hall–Kier alpha value is -1.59. The molecular formula is C14H12BrN3S. The highest BCUT2D eigenvalue weighted by molar-refractivity contribution is 9.10. The summed E-state index contributed by atoms with van der Waals surface area (Å²) >= 11 is 5.13. The van der Waals surface area contributed by atoms with E-state index in [1.165, 1.54) is 5.56 Å². The molecule has 3 N–H and O–H groups in total. The van der Waals surface area contributed by atoms with E-state index in [2.05, 4.69) is 33.2 Å². The van der Waals surface area contributed by atoms with Gasteiger partial charge in [0.1, 0.15) is 0 Å². The topological polar surface area (TPSA) is 50.9 Å². The molecule has 3 rings (SSSR count). The Morgan fingerprint density at radius 1 is 1.26 bits per heavy atom. The molecule has 0 bridgehead atoms. The third-order valence-electron chi connectivity index (χ3n) is 2.92. The second-order valence-corrected chi connectivity index (χ2v) is 6.17. The average Bonchev–Trinajstić information content (AvgIpc) is 2.76. The van der Waals surface area contributed by atoms with Crippen molar-refractivity contribution in [3.05, 3.63) is 46.4 Å². The van der Waals surface area contributed by atoms with Crippen molar-refractivity contribution >= 4 is 54.0 Å². The summed E-state index contributed by atoms with van der Waals surface area (Å²) in [5.41, 5.74) is 9.74. The maximum absolute atomic E-state index is 5.78. The van der Waals surface area contributed by atoms with Gasteiger partial charge in [0, 0.05) is 15.8 Å². The minimum Gasteiger partial charge on any atom is -0.399 e. The molecule has 0 unspecified atom stereocenters. The first-order valence-corrected chi connectivity index (χ1v) is 7.42. The van der Waals surface area contributed by atoms with Crippen LogP contribution in [0.25, 0.3) is 10.2 Å². The van der Waals surface area contributed by atoms with Crippen molar-refractivity contribution in [2.75, 3.05) is 11.1 Å². The monoisotopic (exact) mass is 333 g/mol. The minimum absolute atomic E-state index is 0.765. The summed E-state index contributed by atoms with van der Waals surface area (Å²) in [6.45, 7) is 2.07. The predicted molar refractivity (Wildman–Crippen MR) is 86.2 cm³/mol. The zero-order valence-electron chi connectivity index (χ0n) is 10.3. The van der Waals surface area contributed by atoms with E-state index in [9.17, 15) is 0 Å². The maximum atomic E-state index is 5.78. The van der Waals surface area contributed by atoms with Crippen LogP contribution in [0.3, 0.4) is 0 Å². The van der Waals surface area contributed by atoms with E-state index >= 15 is 0 Å². The molecule has 0 radical (unpaired) electrons. The van der Waals surface area contributed by atoms with E-state index in [0.717, 1.165) is 31.2 Å². The summed E-state index contributed by atoms with van der Waals surface area (Å²) in [6.07, 6.45) is 0. The van der Waals surface area contributed by atoms with Gasteiger partial charge in [0.25, 0.3) is 0 Å². The number of benzene rings is 2. The number of fused-ring (bicyclic) bond motifs is 1. The Balaban J connectivity index is 1.99. The van der Waals surface area contributed by atoms with Crippen LogP contribution in [0.15, 0.2) is 40.9 Å². The minimum atomic E-state index is 0.765. The fourth-order valence-corrected chi connectivity index (χ4v) is 3.15. The Morgan fingerprint density at radius 2 is 2.11 bits per heavy atom. The molecule has 96 valence electrons. The summed E-state index contributed by atoms with van der Waals surface area (Å²) in [5, 5.41) is 4.24. The number of hydrogen-bond donors (Lipinski definition) is 2. The fourth-order valence-electron chi connectivity index (χ4n) is 1.85.